The molecule has 0 aromatic heterocycles. The van der Waals surface area contributed by atoms with Crippen molar-refractivity contribution < 1.29 is 19.4 Å². The number of hydrogen-bond donors (Lipinski definition) is 2. The van der Waals surface area contributed by atoms with Gasteiger partial charge in [-0.15, -0.1) is 0 Å². The number of rotatable bonds is 4. The predicted molar refractivity (Wildman–Crippen MR) is 66.3 cm³/mol. The van der Waals surface area contributed by atoms with Crippen molar-refractivity contribution in [1.82, 2.24) is 5.32 Å². The Kier molecular flexibility index (Phi) is 4.85. The number of esters is 1. The van der Waals surface area contributed by atoms with E-state index in [2.05, 4.69) is 10.1 Å². The minimum atomic E-state index is -1.04. The summed E-state index contributed by atoms with van der Waals surface area (Å²) in [4.78, 5) is 23.2. The van der Waals surface area contributed by atoms with Crippen molar-refractivity contribution in [2.24, 2.45) is 0 Å². The van der Waals surface area contributed by atoms with Gasteiger partial charge < -0.3 is 15.2 Å². The Hall–Kier alpha value is -1.88. The van der Waals surface area contributed by atoms with E-state index in [1.165, 1.54) is 7.11 Å². The number of aryl methyl sites for hydroxylation is 2. The molecular formula is C13H17NO4. The predicted octanol–water partition coefficient (Wildman–Crippen LogP) is 0.567. The number of hydrogen-bond acceptors (Lipinski definition) is 4. The fourth-order valence-electron chi connectivity index (χ4n) is 1.67. The van der Waals surface area contributed by atoms with Gasteiger partial charge in [0.25, 0.3) is 5.91 Å². The molecular weight excluding hydrogens is 234 g/mol. The Bertz CT molecular complexity index is 436. The third-order valence-electron chi connectivity index (χ3n) is 2.46. The van der Waals surface area contributed by atoms with Gasteiger partial charge in [-0.2, -0.15) is 0 Å². The van der Waals surface area contributed by atoms with Crippen LogP contribution in [0.15, 0.2) is 18.2 Å². The lowest BCUT2D eigenvalue weighted by Crippen LogP contribution is -2.44. The molecule has 0 aliphatic heterocycles. The van der Waals surface area contributed by atoms with Crippen LogP contribution < -0.4 is 5.32 Å². The van der Waals surface area contributed by atoms with Crippen LogP contribution in [0.4, 0.5) is 0 Å². The van der Waals surface area contributed by atoms with Crippen LogP contribution in [0.5, 0.6) is 0 Å². The molecule has 98 valence electrons. The SMILES string of the molecule is COC(=O)C(CO)NC(=O)c1cc(C)cc(C)c1. The zero-order chi connectivity index (χ0) is 13.7. The molecule has 1 aromatic rings. The third kappa shape index (κ3) is 3.56. The number of nitrogens with one attached hydrogen (secondary N) is 1. The molecule has 0 bridgehead atoms. The summed E-state index contributed by atoms with van der Waals surface area (Å²) in [7, 11) is 1.20. The van der Waals surface area contributed by atoms with Crippen LogP contribution in [0.2, 0.25) is 0 Å². The van der Waals surface area contributed by atoms with Gasteiger partial charge in [0, 0.05) is 5.56 Å². The van der Waals surface area contributed by atoms with Crippen molar-refractivity contribution in [2.75, 3.05) is 13.7 Å². The molecule has 1 unspecified atom stereocenters. The molecule has 1 atom stereocenters. The highest BCUT2D eigenvalue weighted by Gasteiger charge is 2.21. The number of methoxy groups -OCH3 is 1. The Morgan fingerprint density at radius 3 is 2.28 bits per heavy atom. The second-order valence-corrected chi connectivity index (χ2v) is 4.11. The average molecular weight is 251 g/mol. The minimum absolute atomic E-state index is 0.411. The summed E-state index contributed by atoms with van der Waals surface area (Å²) in [6.07, 6.45) is 0. The maximum absolute atomic E-state index is 11.9. The van der Waals surface area contributed by atoms with Gasteiger partial charge in [-0.1, -0.05) is 17.2 Å². The first-order valence-corrected chi connectivity index (χ1v) is 5.55. The van der Waals surface area contributed by atoms with Crippen molar-refractivity contribution in [2.45, 2.75) is 19.9 Å². The summed E-state index contributed by atoms with van der Waals surface area (Å²) in [5.41, 5.74) is 2.37. The van der Waals surface area contributed by atoms with Gasteiger partial charge in [0.2, 0.25) is 0 Å². The Labute approximate surface area is 106 Å². The van der Waals surface area contributed by atoms with E-state index in [1.807, 2.05) is 19.9 Å². The molecule has 18 heavy (non-hydrogen) atoms. The summed E-state index contributed by atoms with van der Waals surface area (Å²) in [6, 6.07) is 4.34. The van der Waals surface area contributed by atoms with E-state index in [0.717, 1.165) is 11.1 Å². The first-order chi connectivity index (χ1) is 8.47. The van der Waals surface area contributed by atoms with Crippen LogP contribution in [0, 0.1) is 13.8 Å². The number of aliphatic hydroxyl groups excluding tert-OH is 1. The Balaban J connectivity index is 2.84. The lowest BCUT2D eigenvalue weighted by molar-refractivity contribution is -0.143. The van der Waals surface area contributed by atoms with Gasteiger partial charge in [0.05, 0.1) is 13.7 Å². The first-order valence-electron chi connectivity index (χ1n) is 5.55. The molecule has 2 N–H and O–H groups in total. The fourth-order valence-corrected chi connectivity index (χ4v) is 1.67. The number of carbonyl (C=O) groups excluding carboxylic acids is 2. The van der Waals surface area contributed by atoms with Crippen LogP contribution >= 0.6 is 0 Å². The monoisotopic (exact) mass is 251 g/mol. The zero-order valence-corrected chi connectivity index (χ0v) is 10.7. The number of ether oxygens (including phenoxy) is 1. The van der Waals surface area contributed by atoms with E-state index >= 15 is 0 Å². The van der Waals surface area contributed by atoms with E-state index in [0.29, 0.717) is 5.56 Å². The summed E-state index contributed by atoms with van der Waals surface area (Å²) < 4.78 is 4.47. The quantitative estimate of drug-likeness (QED) is 0.767. The van der Waals surface area contributed by atoms with E-state index in [-0.39, 0.29) is 0 Å². The molecule has 0 saturated heterocycles. The molecule has 0 saturated carbocycles. The molecule has 0 aliphatic carbocycles. The van der Waals surface area contributed by atoms with Gasteiger partial charge in [0.15, 0.2) is 6.04 Å². The number of carbonyl (C=O) groups is 2. The van der Waals surface area contributed by atoms with E-state index in [1.54, 1.807) is 12.1 Å². The Morgan fingerprint density at radius 2 is 1.83 bits per heavy atom. The highest BCUT2D eigenvalue weighted by Crippen LogP contribution is 2.09. The Morgan fingerprint density at radius 1 is 1.28 bits per heavy atom. The van der Waals surface area contributed by atoms with Crippen molar-refractivity contribution in [3.8, 4) is 0 Å². The molecule has 0 spiro atoms. The smallest absolute Gasteiger partial charge is 0.330 e. The second kappa shape index (κ2) is 6.16. The van der Waals surface area contributed by atoms with E-state index in [9.17, 15) is 9.59 Å². The normalized spacial score (nSPS) is 11.8. The first kappa shape index (κ1) is 14.2. The minimum Gasteiger partial charge on any atom is -0.467 e. The lowest BCUT2D eigenvalue weighted by atomic mass is 10.1. The number of benzene rings is 1. The maximum atomic E-state index is 11.9. The van der Waals surface area contributed by atoms with Gasteiger partial charge >= 0.3 is 5.97 Å². The summed E-state index contributed by atoms with van der Waals surface area (Å²) in [5, 5.41) is 11.4. The van der Waals surface area contributed by atoms with Crippen molar-refractivity contribution in [1.29, 1.82) is 0 Å². The van der Waals surface area contributed by atoms with Gasteiger partial charge in [-0.3, -0.25) is 4.79 Å². The van der Waals surface area contributed by atoms with Gasteiger partial charge in [-0.05, 0) is 26.0 Å². The van der Waals surface area contributed by atoms with Crippen molar-refractivity contribution >= 4 is 11.9 Å². The van der Waals surface area contributed by atoms with E-state index < -0.39 is 24.5 Å². The summed E-state index contributed by atoms with van der Waals surface area (Å²) in [5.74, 6) is -1.08. The molecule has 0 aliphatic rings. The van der Waals surface area contributed by atoms with Crippen LogP contribution in [0.1, 0.15) is 21.5 Å². The maximum Gasteiger partial charge on any atom is 0.330 e. The summed E-state index contributed by atoms with van der Waals surface area (Å²) >= 11 is 0. The lowest BCUT2D eigenvalue weighted by Gasteiger charge is -2.14. The third-order valence-corrected chi connectivity index (χ3v) is 2.46. The average Bonchev–Trinajstić information content (AvgIpc) is 2.33. The van der Waals surface area contributed by atoms with E-state index in [4.69, 9.17) is 5.11 Å². The van der Waals surface area contributed by atoms with Crippen molar-refractivity contribution in [3.63, 3.8) is 0 Å². The molecule has 5 nitrogen and oxygen atoms in total. The van der Waals surface area contributed by atoms with Gasteiger partial charge in [-0.25, -0.2) is 4.79 Å². The van der Waals surface area contributed by atoms with Crippen LogP contribution in [-0.2, 0) is 9.53 Å². The number of aliphatic hydroxyl groups is 1. The molecule has 1 aromatic carbocycles. The second-order valence-electron chi connectivity index (χ2n) is 4.11. The largest absolute Gasteiger partial charge is 0.467 e. The molecule has 0 fully saturated rings. The van der Waals surface area contributed by atoms with Gasteiger partial charge in [0.1, 0.15) is 0 Å². The highest BCUT2D eigenvalue weighted by molar-refractivity contribution is 5.97. The topological polar surface area (TPSA) is 75.6 Å². The van der Waals surface area contributed by atoms with Crippen molar-refractivity contribution in [3.05, 3.63) is 34.9 Å². The van der Waals surface area contributed by atoms with Crippen LogP contribution in [0.25, 0.3) is 0 Å². The fraction of sp³-hybridized carbons (Fsp3) is 0.385. The van der Waals surface area contributed by atoms with Crippen LogP contribution in [-0.4, -0.2) is 36.7 Å². The number of amides is 1. The molecule has 0 radical (unpaired) electrons. The highest BCUT2D eigenvalue weighted by atomic mass is 16.5. The molecule has 5 heteroatoms. The molecule has 1 amide bonds. The summed E-state index contributed by atoms with van der Waals surface area (Å²) in [6.45, 7) is 3.27. The van der Waals surface area contributed by atoms with Crippen LogP contribution in [0.3, 0.4) is 0 Å². The standard InChI is InChI=1S/C13H17NO4/c1-8-4-9(2)6-10(5-8)12(16)14-11(7-15)13(17)18-3/h4-6,11,15H,7H2,1-3H3,(H,14,16). The zero-order valence-electron chi connectivity index (χ0n) is 10.7. The molecule has 0 heterocycles. The molecule has 1 rings (SSSR count).